The van der Waals surface area contributed by atoms with Crippen LogP contribution >= 0.6 is 0 Å². The zero-order valence-corrected chi connectivity index (χ0v) is 17.1. The highest BCUT2D eigenvalue weighted by atomic mass is 16.3. The van der Waals surface area contributed by atoms with Gasteiger partial charge in [0, 0.05) is 32.9 Å². The Morgan fingerprint density at radius 2 is 2.06 bits per heavy atom. The molecule has 1 aliphatic rings. The summed E-state index contributed by atoms with van der Waals surface area (Å²) in [6.07, 6.45) is 4.80. The Labute approximate surface area is 177 Å². The molecule has 3 aromatic rings. The largest absolute Gasteiger partial charge is 0.508 e. The monoisotopic (exact) mass is 420 g/mol. The van der Waals surface area contributed by atoms with Crippen LogP contribution < -0.4 is 10.6 Å². The standard InChI is InChI=1S/C20H20N8O3/c1-20(19(31)22-3)8-12(15(29)16(20)30)28-10-25-14-17(21-2)26-13(27-18(14)28)5-4-11-9-23-6-7-24-11/h6-7,9-10,16,29-30H,8H2,1-3H3,(H,22,31)(H,21,26,27)/t16-,20?/m0/s1. The molecule has 0 radical (unpaired) electrons. The van der Waals surface area contributed by atoms with E-state index < -0.39 is 11.5 Å². The molecular weight excluding hydrogens is 400 g/mol. The number of allylic oxidation sites excluding steroid dienone is 1. The number of aliphatic hydroxyl groups excluding tert-OH is 2. The predicted molar refractivity (Wildman–Crippen MR) is 112 cm³/mol. The number of fused-ring (bicyclic) bond motifs is 1. The Balaban J connectivity index is 1.82. The second-order valence-electron chi connectivity index (χ2n) is 7.18. The van der Waals surface area contributed by atoms with Crippen LogP contribution in [0.2, 0.25) is 0 Å². The number of carbonyl (C=O) groups excluding carboxylic acids is 1. The first-order valence-electron chi connectivity index (χ1n) is 9.42. The Hall–Kier alpha value is -4.04. The molecule has 1 aliphatic carbocycles. The summed E-state index contributed by atoms with van der Waals surface area (Å²) in [6.45, 7) is 1.59. The van der Waals surface area contributed by atoms with Crippen LogP contribution in [0.15, 0.2) is 30.7 Å². The second kappa shape index (κ2) is 7.66. The van der Waals surface area contributed by atoms with E-state index in [9.17, 15) is 15.0 Å². The van der Waals surface area contributed by atoms with Gasteiger partial charge < -0.3 is 20.8 Å². The lowest BCUT2D eigenvalue weighted by molar-refractivity contribution is -0.134. The molecule has 0 spiro atoms. The smallest absolute Gasteiger partial charge is 0.229 e. The third-order valence-electron chi connectivity index (χ3n) is 5.23. The molecule has 31 heavy (non-hydrogen) atoms. The number of imidazole rings is 1. The molecule has 0 bridgehead atoms. The van der Waals surface area contributed by atoms with Gasteiger partial charge >= 0.3 is 0 Å². The van der Waals surface area contributed by atoms with Crippen LogP contribution in [0.1, 0.15) is 24.9 Å². The van der Waals surface area contributed by atoms with Crippen molar-refractivity contribution in [3.05, 3.63) is 42.2 Å². The first kappa shape index (κ1) is 20.2. The van der Waals surface area contributed by atoms with Crippen LogP contribution in [0.3, 0.4) is 0 Å². The Morgan fingerprint density at radius 3 is 2.74 bits per heavy atom. The maximum Gasteiger partial charge on any atom is 0.229 e. The molecule has 3 aromatic heterocycles. The van der Waals surface area contributed by atoms with Crippen molar-refractivity contribution in [2.24, 2.45) is 5.41 Å². The van der Waals surface area contributed by atoms with Gasteiger partial charge in [-0.25, -0.2) is 19.9 Å². The normalized spacial score (nSPS) is 20.5. The topological polar surface area (TPSA) is 151 Å². The molecule has 0 saturated heterocycles. The van der Waals surface area contributed by atoms with Gasteiger partial charge in [0.15, 0.2) is 17.0 Å². The van der Waals surface area contributed by atoms with E-state index in [1.165, 1.54) is 30.3 Å². The molecule has 4 rings (SSSR count). The van der Waals surface area contributed by atoms with Crippen molar-refractivity contribution in [3.63, 3.8) is 0 Å². The quantitative estimate of drug-likeness (QED) is 0.439. The number of hydrogen-bond acceptors (Lipinski definition) is 9. The minimum absolute atomic E-state index is 0.0879. The molecule has 0 aromatic carbocycles. The van der Waals surface area contributed by atoms with Gasteiger partial charge in [0.2, 0.25) is 11.7 Å². The fourth-order valence-electron chi connectivity index (χ4n) is 3.50. The highest BCUT2D eigenvalue weighted by Gasteiger charge is 2.49. The summed E-state index contributed by atoms with van der Waals surface area (Å²) in [5, 5.41) is 26.7. The van der Waals surface area contributed by atoms with Gasteiger partial charge in [-0.15, -0.1) is 0 Å². The Bertz CT molecular complexity index is 1260. The number of aromatic nitrogens is 6. The molecule has 0 aliphatic heterocycles. The number of rotatable bonds is 3. The molecular formula is C20H20N8O3. The van der Waals surface area contributed by atoms with Crippen LogP contribution in [0.4, 0.5) is 5.82 Å². The van der Waals surface area contributed by atoms with E-state index in [4.69, 9.17) is 0 Å². The van der Waals surface area contributed by atoms with Crippen LogP contribution in [-0.4, -0.2) is 65.8 Å². The summed E-state index contributed by atoms with van der Waals surface area (Å²) in [5.74, 6) is 5.66. The third kappa shape index (κ3) is 3.32. The summed E-state index contributed by atoms with van der Waals surface area (Å²) < 4.78 is 1.54. The molecule has 1 unspecified atom stereocenters. The van der Waals surface area contributed by atoms with Gasteiger partial charge in [0.05, 0.1) is 17.3 Å². The van der Waals surface area contributed by atoms with E-state index in [1.807, 2.05) is 0 Å². The van der Waals surface area contributed by atoms with E-state index in [2.05, 4.69) is 47.4 Å². The van der Waals surface area contributed by atoms with Crippen molar-refractivity contribution in [1.82, 2.24) is 34.8 Å². The number of nitrogens with zero attached hydrogens (tertiary/aromatic N) is 6. The lowest BCUT2D eigenvalue weighted by Gasteiger charge is -2.25. The van der Waals surface area contributed by atoms with Crippen molar-refractivity contribution >= 4 is 28.6 Å². The first-order chi connectivity index (χ1) is 14.9. The number of anilines is 1. The van der Waals surface area contributed by atoms with Crippen LogP contribution in [-0.2, 0) is 4.79 Å². The minimum Gasteiger partial charge on any atom is -0.508 e. The summed E-state index contributed by atoms with van der Waals surface area (Å²) >= 11 is 0. The molecule has 1 amide bonds. The van der Waals surface area contributed by atoms with Crippen molar-refractivity contribution in [2.45, 2.75) is 19.4 Å². The molecule has 4 N–H and O–H groups in total. The van der Waals surface area contributed by atoms with Gasteiger partial charge in [-0.05, 0) is 18.8 Å². The molecule has 3 heterocycles. The average Bonchev–Trinajstić information content (AvgIpc) is 3.32. The number of carbonyl (C=O) groups is 1. The number of nitrogens with one attached hydrogen (secondary N) is 2. The third-order valence-corrected chi connectivity index (χ3v) is 5.23. The highest BCUT2D eigenvalue weighted by Crippen LogP contribution is 2.44. The van der Waals surface area contributed by atoms with Gasteiger partial charge in [-0.3, -0.25) is 14.3 Å². The van der Waals surface area contributed by atoms with E-state index >= 15 is 0 Å². The van der Waals surface area contributed by atoms with Crippen molar-refractivity contribution in [1.29, 1.82) is 0 Å². The van der Waals surface area contributed by atoms with Gasteiger partial charge in [0.1, 0.15) is 23.9 Å². The molecule has 11 nitrogen and oxygen atoms in total. The summed E-state index contributed by atoms with van der Waals surface area (Å²) in [6, 6.07) is 0. The van der Waals surface area contributed by atoms with Crippen LogP contribution in [0, 0.1) is 17.3 Å². The SMILES string of the molecule is CNC(=O)C1(C)CC(n2cnc3c(NC)nc(C#Cc4cnccn4)nc32)=C(O)[C@@H]1O. The molecule has 11 heteroatoms. The van der Waals surface area contributed by atoms with Crippen molar-refractivity contribution in [2.75, 3.05) is 19.4 Å². The lowest BCUT2D eigenvalue weighted by atomic mass is 9.84. The molecule has 0 saturated carbocycles. The first-order valence-corrected chi connectivity index (χ1v) is 9.42. The minimum atomic E-state index is -1.36. The lowest BCUT2D eigenvalue weighted by Crippen LogP contribution is -2.43. The molecule has 2 atom stereocenters. The summed E-state index contributed by atoms with van der Waals surface area (Å²) in [7, 11) is 3.18. The number of amides is 1. The summed E-state index contributed by atoms with van der Waals surface area (Å²) in [4.78, 5) is 33.6. The zero-order chi connectivity index (χ0) is 22.2. The van der Waals surface area contributed by atoms with E-state index in [1.54, 1.807) is 20.2 Å². The van der Waals surface area contributed by atoms with Gasteiger partial charge in [0.25, 0.3) is 0 Å². The van der Waals surface area contributed by atoms with E-state index in [0.29, 0.717) is 28.4 Å². The fourth-order valence-corrected chi connectivity index (χ4v) is 3.50. The van der Waals surface area contributed by atoms with E-state index in [-0.39, 0.29) is 23.9 Å². The average molecular weight is 420 g/mol. The predicted octanol–water partition coefficient (Wildman–Crippen LogP) is 0.301. The van der Waals surface area contributed by atoms with Crippen molar-refractivity contribution < 1.29 is 15.0 Å². The molecule has 158 valence electrons. The Kier molecular flexibility index (Phi) is 5.00. The van der Waals surface area contributed by atoms with Crippen molar-refractivity contribution in [3.8, 4) is 11.8 Å². The number of aliphatic hydroxyl groups is 2. The van der Waals surface area contributed by atoms with Crippen LogP contribution in [0.25, 0.3) is 16.9 Å². The zero-order valence-electron chi connectivity index (χ0n) is 17.1. The van der Waals surface area contributed by atoms with Crippen LogP contribution in [0.5, 0.6) is 0 Å². The second-order valence-corrected chi connectivity index (χ2v) is 7.18. The maximum atomic E-state index is 12.3. The van der Waals surface area contributed by atoms with Gasteiger partial charge in [-0.2, -0.15) is 0 Å². The molecule has 0 fully saturated rings. The fraction of sp³-hybridized carbons (Fsp3) is 0.300. The Morgan fingerprint density at radius 1 is 1.26 bits per heavy atom. The van der Waals surface area contributed by atoms with Gasteiger partial charge in [-0.1, -0.05) is 0 Å². The maximum absolute atomic E-state index is 12.3. The van der Waals surface area contributed by atoms with E-state index in [0.717, 1.165) is 0 Å². The summed E-state index contributed by atoms with van der Waals surface area (Å²) in [5.41, 5.74) is 0.396. The highest BCUT2D eigenvalue weighted by molar-refractivity contribution is 5.89. The number of hydrogen-bond donors (Lipinski definition) is 4.